The molecule has 1 aromatic heterocycles. The molecule has 4 rings (SSSR count). The maximum atomic E-state index is 12.4. The van der Waals surface area contributed by atoms with Gasteiger partial charge < -0.3 is 5.32 Å². The van der Waals surface area contributed by atoms with Gasteiger partial charge in [-0.3, -0.25) is 4.79 Å². The number of carbonyl (C=O) groups excluding carboxylic acids is 1. The lowest BCUT2D eigenvalue weighted by molar-refractivity contribution is -0.120. The van der Waals surface area contributed by atoms with Gasteiger partial charge in [0.05, 0.1) is 18.7 Å². The molecule has 0 saturated heterocycles. The van der Waals surface area contributed by atoms with E-state index in [9.17, 15) is 4.79 Å². The molecule has 0 aliphatic rings. The zero-order valence-electron chi connectivity index (χ0n) is 14.3. The molecule has 6 nitrogen and oxygen atoms in total. The number of rotatable bonds is 5. The molecule has 7 heteroatoms. The molecule has 0 unspecified atom stereocenters. The van der Waals surface area contributed by atoms with Crippen molar-refractivity contribution in [1.82, 2.24) is 25.5 Å². The lowest BCUT2D eigenvalue weighted by Gasteiger charge is -2.08. The molecule has 3 aromatic carbocycles. The topological polar surface area (TPSA) is 72.7 Å². The zero-order chi connectivity index (χ0) is 18.6. The lowest BCUT2D eigenvalue weighted by atomic mass is 10.0. The Morgan fingerprint density at radius 3 is 2.63 bits per heavy atom. The predicted octanol–water partition coefficient (Wildman–Crippen LogP) is 3.33. The number of fused-ring (bicyclic) bond motifs is 1. The SMILES string of the molecule is O=C(Cc1cccc2ccccc12)NCc1nnnn1-c1ccc(Cl)cc1. The Morgan fingerprint density at radius 2 is 1.78 bits per heavy atom. The Kier molecular flexibility index (Phi) is 4.80. The molecule has 0 aliphatic heterocycles. The van der Waals surface area contributed by atoms with Crippen molar-refractivity contribution in [2.24, 2.45) is 0 Å². The first-order valence-corrected chi connectivity index (χ1v) is 8.85. The number of nitrogens with zero attached hydrogens (tertiary/aromatic N) is 4. The fourth-order valence-corrected chi connectivity index (χ4v) is 3.08. The first-order chi connectivity index (χ1) is 13.2. The van der Waals surface area contributed by atoms with Crippen LogP contribution in [0.3, 0.4) is 0 Å². The second-order valence-electron chi connectivity index (χ2n) is 6.08. The van der Waals surface area contributed by atoms with Gasteiger partial charge in [-0.05, 0) is 51.0 Å². The average Bonchev–Trinajstić information content (AvgIpc) is 3.16. The van der Waals surface area contributed by atoms with Crippen LogP contribution in [0.4, 0.5) is 0 Å². The molecule has 0 fully saturated rings. The van der Waals surface area contributed by atoms with Gasteiger partial charge in [-0.15, -0.1) is 5.10 Å². The number of carbonyl (C=O) groups is 1. The molecule has 0 atom stereocenters. The van der Waals surface area contributed by atoms with Crippen LogP contribution in [-0.2, 0) is 17.8 Å². The number of amides is 1. The van der Waals surface area contributed by atoms with Crippen molar-refractivity contribution < 1.29 is 4.79 Å². The van der Waals surface area contributed by atoms with Gasteiger partial charge in [-0.25, -0.2) is 0 Å². The van der Waals surface area contributed by atoms with E-state index < -0.39 is 0 Å². The minimum atomic E-state index is -0.0861. The van der Waals surface area contributed by atoms with E-state index >= 15 is 0 Å². The normalized spacial score (nSPS) is 10.9. The van der Waals surface area contributed by atoms with Crippen molar-refractivity contribution >= 4 is 28.3 Å². The fraction of sp³-hybridized carbons (Fsp3) is 0.100. The summed E-state index contributed by atoms with van der Waals surface area (Å²) in [6.07, 6.45) is 0.295. The predicted molar refractivity (Wildman–Crippen MR) is 104 cm³/mol. The Bertz CT molecular complexity index is 1090. The molecule has 1 amide bonds. The van der Waals surface area contributed by atoms with Crippen LogP contribution in [0.1, 0.15) is 11.4 Å². The highest BCUT2D eigenvalue weighted by Crippen LogP contribution is 2.19. The van der Waals surface area contributed by atoms with E-state index in [-0.39, 0.29) is 12.5 Å². The fourth-order valence-electron chi connectivity index (χ4n) is 2.96. The van der Waals surface area contributed by atoms with Crippen molar-refractivity contribution in [2.75, 3.05) is 0 Å². The minimum absolute atomic E-state index is 0.0861. The van der Waals surface area contributed by atoms with Crippen LogP contribution >= 0.6 is 11.6 Å². The third kappa shape index (κ3) is 3.80. The van der Waals surface area contributed by atoms with Crippen LogP contribution in [-0.4, -0.2) is 26.1 Å². The molecule has 0 aliphatic carbocycles. The highest BCUT2D eigenvalue weighted by molar-refractivity contribution is 6.30. The molecular formula is C20H16ClN5O. The summed E-state index contributed by atoms with van der Waals surface area (Å²) in [7, 11) is 0. The third-order valence-corrected chi connectivity index (χ3v) is 4.53. The monoisotopic (exact) mass is 377 g/mol. The van der Waals surface area contributed by atoms with Crippen LogP contribution in [0.25, 0.3) is 16.5 Å². The van der Waals surface area contributed by atoms with Gasteiger partial charge in [0.1, 0.15) is 0 Å². The standard InChI is InChI=1S/C20H16ClN5O/c21-16-8-10-17(11-9-16)26-19(23-24-25-26)13-22-20(27)12-15-6-3-5-14-4-1-2-7-18(14)15/h1-11H,12-13H2,(H,22,27). The summed E-state index contributed by atoms with van der Waals surface area (Å²) in [6, 6.07) is 21.2. The second-order valence-corrected chi connectivity index (χ2v) is 6.51. The number of tetrazole rings is 1. The summed E-state index contributed by atoms with van der Waals surface area (Å²) in [5, 5.41) is 17.4. The Balaban J connectivity index is 1.46. The Labute approximate surface area is 160 Å². The largest absolute Gasteiger partial charge is 0.348 e. The molecule has 1 heterocycles. The summed E-state index contributed by atoms with van der Waals surface area (Å²) in [5.74, 6) is 0.459. The second kappa shape index (κ2) is 7.55. The van der Waals surface area contributed by atoms with Gasteiger partial charge in [0.25, 0.3) is 0 Å². The van der Waals surface area contributed by atoms with Gasteiger partial charge in [0.2, 0.25) is 5.91 Å². The Hall–Kier alpha value is -3.25. The molecule has 0 bridgehead atoms. The quantitative estimate of drug-likeness (QED) is 0.579. The van der Waals surface area contributed by atoms with Crippen LogP contribution in [0.2, 0.25) is 5.02 Å². The van der Waals surface area contributed by atoms with Crippen molar-refractivity contribution in [2.45, 2.75) is 13.0 Å². The summed E-state index contributed by atoms with van der Waals surface area (Å²) < 4.78 is 1.58. The first-order valence-electron chi connectivity index (χ1n) is 8.47. The van der Waals surface area contributed by atoms with Gasteiger partial charge >= 0.3 is 0 Å². The van der Waals surface area contributed by atoms with Gasteiger partial charge in [-0.2, -0.15) is 4.68 Å². The maximum absolute atomic E-state index is 12.4. The summed E-state index contributed by atoms with van der Waals surface area (Å²) in [4.78, 5) is 12.4. The third-order valence-electron chi connectivity index (χ3n) is 4.28. The molecular weight excluding hydrogens is 362 g/mol. The van der Waals surface area contributed by atoms with E-state index in [0.29, 0.717) is 17.3 Å². The van der Waals surface area contributed by atoms with Crippen LogP contribution in [0.15, 0.2) is 66.7 Å². The van der Waals surface area contributed by atoms with Crippen molar-refractivity contribution in [3.8, 4) is 5.69 Å². The highest BCUT2D eigenvalue weighted by Gasteiger charge is 2.11. The maximum Gasteiger partial charge on any atom is 0.224 e. The zero-order valence-corrected chi connectivity index (χ0v) is 15.1. The minimum Gasteiger partial charge on any atom is -0.348 e. The molecule has 4 aromatic rings. The van der Waals surface area contributed by atoms with E-state index in [0.717, 1.165) is 22.0 Å². The molecule has 1 N–H and O–H groups in total. The number of hydrogen-bond donors (Lipinski definition) is 1. The van der Waals surface area contributed by atoms with Crippen LogP contribution < -0.4 is 5.32 Å². The van der Waals surface area contributed by atoms with Gasteiger partial charge in [0, 0.05) is 5.02 Å². The smallest absolute Gasteiger partial charge is 0.224 e. The molecule has 0 spiro atoms. The van der Waals surface area contributed by atoms with Crippen molar-refractivity contribution in [3.05, 3.63) is 83.1 Å². The van der Waals surface area contributed by atoms with Gasteiger partial charge in [0.15, 0.2) is 5.82 Å². The van der Waals surface area contributed by atoms with Crippen LogP contribution in [0, 0.1) is 0 Å². The highest BCUT2D eigenvalue weighted by atomic mass is 35.5. The number of nitrogens with one attached hydrogen (secondary N) is 1. The summed E-state index contributed by atoms with van der Waals surface area (Å²) in [6.45, 7) is 0.235. The number of benzene rings is 3. The van der Waals surface area contributed by atoms with Crippen molar-refractivity contribution in [1.29, 1.82) is 0 Å². The van der Waals surface area contributed by atoms with Crippen LogP contribution in [0.5, 0.6) is 0 Å². The summed E-state index contributed by atoms with van der Waals surface area (Å²) in [5.41, 5.74) is 1.77. The molecule has 27 heavy (non-hydrogen) atoms. The average molecular weight is 378 g/mol. The number of aromatic nitrogens is 4. The Morgan fingerprint density at radius 1 is 1.00 bits per heavy atom. The summed E-state index contributed by atoms with van der Waals surface area (Å²) >= 11 is 5.92. The molecule has 0 saturated carbocycles. The number of halogens is 1. The van der Waals surface area contributed by atoms with E-state index in [1.807, 2.05) is 54.6 Å². The van der Waals surface area contributed by atoms with Crippen molar-refractivity contribution in [3.63, 3.8) is 0 Å². The van der Waals surface area contributed by atoms with E-state index in [1.54, 1.807) is 16.8 Å². The number of hydrogen-bond acceptors (Lipinski definition) is 4. The van der Waals surface area contributed by atoms with E-state index in [4.69, 9.17) is 11.6 Å². The molecule has 134 valence electrons. The van der Waals surface area contributed by atoms with E-state index in [2.05, 4.69) is 20.8 Å². The molecule has 0 radical (unpaired) electrons. The van der Waals surface area contributed by atoms with Gasteiger partial charge in [-0.1, -0.05) is 54.1 Å². The lowest BCUT2D eigenvalue weighted by Crippen LogP contribution is -2.26. The van der Waals surface area contributed by atoms with E-state index in [1.165, 1.54) is 0 Å². The first kappa shape index (κ1) is 17.2.